The summed E-state index contributed by atoms with van der Waals surface area (Å²) in [5.74, 6) is 0. The number of nitrogens with one attached hydrogen (secondary N) is 1. The summed E-state index contributed by atoms with van der Waals surface area (Å²) < 4.78 is 5.85. The van der Waals surface area contributed by atoms with Crippen LogP contribution < -0.4 is 5.32 Å². The lowest BCUT2D eigenvalue weighted by atomic mass is 9.98. The Kier molecular flexibility index (Phi) is 5.26. The summed E-state index contributed by atoms with van der Waals surface area (Å²) in [4.78, 5) is 4.46. The second kappa shape index (κ2) is 6.97. The third-order valence-corrected chi connectivity index (χ3v) is 4.05. The second-order valence-corrected chi connectivity index (χ2v) is 5.41. The van der Waals surface area contributed by atoms with Gasteiger partial charge in [-0.1, -0.05) is 26.2 Å². The van der Waals surface area contributed by atoms with Crippen LogP contribution in [-0.4, -0.2) is 24.2 Å². The number of aryl methyl sites for hydroxylation is 1. The lowest BCUT2D eigenvalue weighted by Crippen LogP contribution is -2.20. The fourth-order valence-corrected chi connectivity index (χ4v) is 2.99. The summed E-state index contributed by atoms with van der Waals surface area (Å²) in [5.41, 5.74) is 1.17. The van der Waals surface area contributed by atoms with Gasteiger partial charge in [-0.05, 0) is 19.3 Å². The van der Waals surface area contributed by atoms with E-state index in [1.54, 1.807) is 11.3 Å². The number of hydrogen-bond acceptors (Lipinski definition) is 4. The molecule has 0 atom stereocenters. The van der Waals surface area contributed by atoms with E-state index >= 15 is 0 Å². The van der Waals surface area contributed by atoms with Gasteiger partial charge in [0.05, 0.1) is 18.4 Å². The van der Waals surface area contributed by atoms with Gasteiger partial charge in [-0.2, -0.15) is 0 Å². The van der Waals surface area contributed by atoms with E-state index in [2.05, 4.69) is 22.6 Å². The predicted octanol–water partition coefficient (Wildman–Crippen LogP) is 3.47. The summed E-state index contributed by atoms with van der Waals surface area (Å²) in [6.07, 6.45) is 8.07. The lowest BCUT2D eigenvalue weighted by molar-refractivity contribution is 0.0347. The van der Waals surface area contributed by atoms with E-state index in [0.29, 0.717) is 6.10 Å². The minimum Gasteiger partial charge on any atom is -0.376 e. The highest BCUT2D eigenvalue weighted by Gasteiger charge is 2.12. The SMILES string of the molecule is CCc1csc(NCCOC2CCCCC2)n1. The molecule has 0 aromatic carbocycles. The van der Waals surface area contributed by atoms with E-state index in [1.165, 1.54) is 37.8 Å². The standard InChI is InChI=1S/C13H22N2OS/c1-2-11-10-17-13(15-11)14-8-9-16-12-6-4-3-5-7-12/h10,12H,2-9H2,1H3,(H,14,15). The van der Waals surface area contributed by atoms with Crippen LogP contribution in [0.2, 0.25) is 0 Å². The number of aromatic nitrogens is 1. The first-order chi connectivity index (χ1) is 8.38. The first-order valence-electron chi connectivity index (χ1n) is 6.68. The Hall–Kier alpha value is -0.610. The fraction of sp³-hybridized carbons (Fsp3) is 0.769. The highest BCUT2D eigenvalue weighted by molar-refractivity contribution is 7.13. The van der Waals surface area contributed by atoms with Crippen molar-refractivity contribution < 1.29 is 4.74 Å². The van der Waals surface area contributed by atoms with Crippen molar-refractivity contribution in [1.82, 2.24) is 4.98 Å². The maximum absolute atomic E-state index is 5.85. The predicted molar refractivity (Wildman–Crippen MR) is 72.8 cm³/mol. The zero-order valence-electron chi connectivity index (χ0n) is 10.6. The molecule has 0 spiro atoms. The maximum Gasteiger partial charge on any atom is 0.182 e. The van der Waals surface area contributed by atoms with Crippen molar-refractivity contribution in [3.8, 4) is 0 Å². The minimum absolute atomic E-state index is 0.507. The molecule has 1 fully saturated rings. The molecular formula is C13H22N2OS. The molecule has 0 saturated heterocycles. The van der Waals surface area contributed by atoms with Crippen LogP contribution >= 0.6 is 11.3 Å². The summed E-state index contributed by atoms with van der Waals surface area (Å²) in [6, 6.07) is 0. The zero-order valence-corrected chi connectivity index (χ0v) is 11.4. The van der Waals surface area contributed by atoms with E-state index in [1.807, 2.05) is 0 Å². The molecule has 0 radical (unpaired) electrons. The van der Waals surface area contributed by atoms with Crippen LogP contribution in [0.4, 0.5) is 5.13 Å². The van der Waals surface area contributed by atoms with E-state index in [-0.39, 0.29) is 0 Å². The third kappa shape index (κ3) is 4.28. The quantitative estimate of drug-likeness (QED) is 0.789. The summed E-state index contributed by atoms with van der Waals surface area (Å²) >= 11 is 1.68. The fourth-order valence-electron chi connectivity index (χ4n) is 2.17. The first kappa shape index (κ1) is 12.8. The van der Waals surface area contributed by atoms with Crippen LogP contribution in [0.15, 0.2) is 5.38 Å². The van der Waals surface area contributed by atoms with Crippen molar-refractivity contribution in [2.24, 2.45) is 0 Å². The first-order valence-corrected chi connectivity index (χ1v) is 7.56. The molecular weight excluding hydrogens is 232 g/mol. The molecule has 4 heteroatoms. The van der Waals surface area contributed by atoms with Crippen LogP contribution in [0.3, 0.4) is 0 Å². The Morgan fingerprint density at radius 1 is 1.41 bits per heavy atom. The zero-order chi connectivity index (χ0) is 11.9. The molecule has 1 heterocycles. The Morgan fingerprint density at radius 3 is 2.94 bits per heavy atom. The summed E-state index contributed by atoms with van der Waals surface area (Å²) in [6.45, 7) is 3.80. The molecule has 17 heavy (non-hydrogen) atoms. The molecule has 1 saturated carbocycles. The average Bonchev–Trinajstić information content (AvgIpc) is 2.84. The van der Waals surface area contributed by atoms with Gasteiger partial charge in [-0.3, -0.25) is 0 Å². The molecule has 0 aliphatic heterocycles. The van der Waals surface area contributed by atoms with Crippen LogP contribution in [0.1, 0.15) is 44.7 Å². The minimum atomic E-state index is 0.507. The van der Waals surface area contributed by atoms with Gasteiger partial charge in [-0.25, -0.2) is 4.98 Å². The Morgan fingerprint density at radius 2 is 2.24 bits per heavy atom. The van der Waals surface area contributed by atoms with Gasteiger partial charge in [0.1, 0.15) is 0 Å². The second-order valence-electron chi connectivity index (χ2n) is 4.56. The molecule has 96 valence electrons. The highest BCUT2D eigenvalue weighted by atomic mass is 32.1. The van der Waals surface area contributed by atoms with E-state index in [4.69, 9.17) is 4.74 Å². The van der Waals surface area contributed by atoms with Crippen LogP contribution in [0.5, 0.6) is 0 Å². The van der Waals surface area contributed by atoms with E-state index in [0.717, 1.165) is 24.7 Å². The van der Waals surface area contributed by atoms with Crippen molar-refractivity contribution in [3.05, 3.63) is 11.1 Å². The Bertz CT molecular complexity index is 321. The van der Waals surface area contributed by atoms with Gasteiger partial charge >= 0.3 is 0 Å². The largest absolute Gasteiger partial charge is 0.376 e. The number of thiazole rings is 1. The van der Waals surface area contributed by atoms with Crippen LogP contribution in [0, 0.1) is 0 Å². The molecule has 0 bridgehead atoms. The smallest absolute Gasteiger partial charge is 0.182 e. The van der Waals surface area contributed by atoms with Crippen molar-refractivity contribution in [2.75, 3.05) is 18.5 Å². The summed E-state index contributed by atoms with van der Waals surface area (Å²) in [7, 11) is 0. The topological polar surface area (TPSA) is 34.1 Å². The Labute approximate surface area is 108 Å². The van der Waals surface area contributed by atoms with Gasteiger partial charge < -0.3 is 10.1 Å². The molecule has 0 amide bonds. The number of anilines is 1. The van der Waals surface area contributed by atoms with Crippen molar-refractivity contribution >= 4 is 16.5 Å². The van der Waals surface area contributed by atoms with Crippen molar-refractivity contribution in [2.45, 2.75) is 51.6 Å². The lowest BCUT2D eigenvalue weighted by Gasteiger charge is -2.21. The Balaban J connectivity index is 1.59. The molecule has 1 aromatic heterocycles. The number of rotatable bonds is 6. The van der Waals surface area contributed by atoms with Crippen LogP contribution in [0.25, 0.3) is 0 Å². The molecule has 3 nitrogen and oxygen atoms in total. The van der Waals surface area contributed by atoms with Gasteiger partial charge in [0, 0.05) is 11.9 Å². The average molecular weight is 254 g/mol. The van der Waals surface area contributed by atoms with Crippen molar-refractivity contribution in [3.63, 3.8) is 0 Å². The van der Waals surface area contributed by atoms with Crippen molar-refractivity contribution in [1.29, 1.82) is 0 Å². The number of ether oxygens (including phenoxy) is 1. The van der Waals surface area contributed by atoms with E-state index < -0.39 is 0 Å². The van der Waals surface area contributed by atoms with Gasteiger partial charge in [0.2, 0.25) is 0 Å². The number of hydrogen-bond donors (Lipinski definition) is 1. The molecule has 0 unspecified atom stereocenters. The maximum atomic E-state index is 5.85. The molecule has 1 aliphatic rings. The van der Waals surface area contributed by atoms with Gasteiger partial charge in [-0.15, -0.1) is 11.3 Å². The van der Waals surface area contributed by atoms with Crippen LogP contribution in [-0.2, 0) is 11.2 Å². The van der Waals surface area contributed by atoms with E-state index in [9.17, 15) is 0 Å². The highest BCUT2D eigenvalue weighted by Crippen LogP contribution is 2.20. The molecule has 1 aliphatic carbocycles. The monoisotopic (exact) mass is 254 g/mol. The van der Waals surface area contributed by atoms with Gasteiger partial charge in [0.15, 0.2) is 5.13 Å². The molecule has 1 N–H and O–H groups in total. The molecule has 2 rings (SSSR count). The number of nitrogens with zero attached hydrogens (tertiary/aromatic N) is 1. The molecule has 1 aromatic rings. The third-order valence-electron chi connectivity index (χ3n) is 3.20. The normalized spacial score (nSPS) is 17.2. The van der Waals surface area contributed by atoms with Gasteiger partial charge in [0.25, 0.3) is 0 Å². The summed E-state index contributed by atoms with van der Waals surface area (Å²) in [5, 5.41) is 6.46.